The number of nitrogens with one attached hydrogen (secondary N) is 1. The normalized spacial score (nSPS) is 14.8. The number of benzene rings is 1. The molecule has 0 saturated carbocycles. The number of rotatable bonds is 3. The molecular weight excluding hydrogens is 225 g/mol. The number of carboxylic acids is 1. The Kier molecular flexibility index (Phi) is 2.81. The molecule has 0 saturated heterocycles. The number of fused-ring (bicyclic) bond motifs is 1. The summed E-state index contributed by atoms with van der Waals surface area (Å²) < 4.78 is 13.1. The lowest BCUT2D eigenvalue weighted by Crippen LogP contribution is -2.35. The van der Waals surface area contributed by atoms with Crippen LogP contribution in [0, 0.1) is 5.82 Å². The van der Waals surface area contributed by atoms with Gasteiger partial charge < -0.3 is 10.8 Å². The van der Waals surface area contributed by atoms with Crippen molar-refractivity contribution in [1.82, 2.24) is 10.2 Å². The molecular formula is C11H12FN3O2. The summed E-state index contributed by atoms with van der Waals surface area (Å²) in [6, 6.07) is 3.10. The molecule has 2 aromatic rings. The van der Waals surface area contributed by atoms with Gasteiger partial charge >= 0.3 is 5.97 Å². The van der Waals surface area contributed by atoms with Gasteiger partial charge in [0, 0.05) is 17.0 Å². The molecule has 90 valence electrons. The quantitative estimate of drug-likeness (QED) is 0.748. The molecule has 0 aliphatic heterocycles. The number of carboxylic acid groups (broad SMARTS) is 1. The first-order chi connectivity index (χ1) is 8.00. The van der Waals surface area contributed by atoms with Crippen molar-refractivity contribution in [2.24, 2.45) is 5.73 Å². The lowest BCUT2D eigenvalue weighted by Gasteiger charge is -2.14. The van der Waals surface area contributed by atoms with Crippen molar-refractivity contribution in [2.75, 3.05) is 0 Å². The first-order valence-electron chi connectivity index (χ1n) is 5.12. The van der Waals surface area contributed by atoms with Crippen LogP contribution in [0.4, 0.5) is 4.39 Å². The fraction of sp³-hybridized carbons (Fsp3) is 0.273. The zero-order valence-corrected chi connectivity index (χ0v) is 9.14. The molecule has 2 unspecified atom stereocenters. The van der Waals surface area contributed by atoms with Gasteiger partial charge in [0.05, 0.1) is 5.52 Å². The Bertz CT molecular complexity index is 567. The van der Waals surface area contributed by atoms with E-state index < -0.39 is 23.7 Å². The van der Waals surface area contributed by atoms with Crippen molar-refractivity contribution in [3.05, 3.63) is 29.7 Å². The van der Waals surface area contributed by atoms with E-state index in [0.717, 1.165) is 0 Å². The number of aromatic nitrogens is 2. The van der Waals surface area contributed by atoms with Crippen LogP contribution in [-0.4, -0.2) is 27.3 Å². The van der Waals surface area contributed by atoms with Crippen LogP contribution < -0.4 is 5.73 Å². The monoisotopic (exact) mass is 237 g/mol. The van der Waals surface area contributed by atoms with Crippen LogP contribution >= 0.6 is 0 Å². The predicted octanol–water partition coefficient (Wildman–Crippen LogP) is 1.22. The predicted molar refractivity (Wildman–Crippen MR) is 60.1 cm³/mol. The number of halogens is 1. The first-order valence-corrected chi connectivity index (χ1v) is 5.12. The third-order valence-corrected chi connectivity index (χ3v) is 2.82. The van der Waals surface area contributed by atoms with Crippen molar-refractivity contribution in [3.63, 3.8) is 0 Å². The molecule has 1 aromatic heterocycles. The van der Waals surface area contributed by atoms with Gasteiger partial charge in [0.1, 0.15) is 11.9 Å². The Labute approximate surface area is 96.4 Å². The largest absolute Gasteiger partial charge is 0.480 e. The second-order valence-electron chi connectivity index (χ2n) is 3.95. The minimum Gasteiger partial charge on any atom is -0.480 e. The second kappa shape index (κ2) is 4.14. The van der Waals surface area contributed by atoms with Gasteiger partial charge in [0.25, 0.3) is 0 Å². The maximum atomic E-state index is 13.1. The van der Waals surface area contributed by atoms with Crippen LogP contribution in [0.5, 0.6) is 0 Å². The molecule has 0 aliphatic carbocycles. The number of aliphatic carboxylic acids is 1. The highest BCUT2D eigenvalue weighted by Gasteiger charge is 2.24. The van der Waals surface area contributed by atoms with E-state index in [4.69, 9.17) is 10.8 Å². The van der Waals surface area contributed by atoms with Crippen molar-refractivity contribution in [2.45, 2.75) is 18.9 Å². The number of H-pyrrole nitrogens is 1. The van der Waals surface area contributed by atoms with Gasteiger partial charge in [-0.25, -0.2) is 4.39 Å². The van der Waals surface area contributed by atoms with E-state index in [9.17, 15) is 9.18 Å². The summed E-state index contributed by atoms with van der Waals surface area (Å²) in [5.74, 6) is -1.97. The van der Waals surface area contributed by atoms with E-state index in [1.165, 1.54) is 18.2 Å². The molecule has 17 heavy (non-hydrogen) atoms. The van der Waals surface area contributed by atoms with E-state index >= 15 is 0 Å². The summed E-state index contributed by atoms with van der Waals surface area (Å²) in [4.78, 5) is 10.8. The molecule has 5 nitrogen and oxygen atoms in total. The van der Waals surface area contributed by atoms with Crippen LogP contribution in [0.25, 0.3) is 10.9 Å². The minimum atomic E-state index is -1.10. The fourth-order valence-electron chi connectivity index (χ4n) is 1.74. The number of hydrogen-bond acceptors (Lipinski definition) is 3. The maximum Gasteiger partial charge on any atom is 0.321 e. The standard InChI is InChI=1S/C11H12FN3O2/c1-5(9(13)11(16)17)10-7-4-6(12)2-3-8(7)14-15-10/h2-5,9H,13H2,1H3,(H,14,15)(H,16,17). The second-order valence-corrected chi connectivity index (χ2v) is 3.95. The SMILES string of the molecule is CC(c1[nH]nc2ccc(F)cc12)C(N)C(=O)O. The van der Waals surface area contributed by atoms with Crippen LogP contribution in [0.3, 0.4) is 0 Å². The van der Waals surface area contributed by atoms with Crippen LogP contribution in [0.2, 0.25) is 0 Å². The summed E-state index contributed by atoms with van der Waals surface area (Å²) in [6.45, 7) is 1.66. The van der Waals surface area contributed by atoms with Crippen LogP contribution in [0.15, 0.2) is 18.2 Å². The zero-order valence-electron chi connectivity index (χ0n) is 9.14. The smallest absolute Gasteiger partial charge is 0.321 e. The number of aromatic amines is 1. The molecule has 0 radical (unpaired) electrons. The third kappa shape index (κ3) is 1.99. The maximum absolute atomic E-state index is 13.1. The highest BCUT2D eigenvalue weighted by molar-refractivity contribution is 5.83. The van der Waals surface area contributed by atoms with Gasteiger partial charge in [-0.2, -0.15) is 5.10 Å². The van der Waals surface area contributed by atoms with E-state index in [1.54, 1.807) is 6.92 Å². The summed E-state index contributed by atoms with van der Waals surface area (Å²) in [5, 5.41) is 16.1. The van der Waals surface area contributed by atoms with Gasteiger partial charge in [0.15, 0.2) is 0 Å². The molecule has 1 heterocycles. The summed E-state index contributed by atoms with van der Waals surface area (Å²) in [7, 11) is 0. The molecule has 0 amide bonds. The van der Waals surface area contributed by atoms with Crippen molar-refractivity contribution >= 4 is 16.9 Å². The Hall–Kier alpha value is -1.95. The summed E-state index contributed by atoms with van der Waals surface area (Å²) in [6.07, 6.45) is 0. The number of carbonyl (C=O) groups is 1. The Balaban J connectivity index is 2.48. The highest BCUT2D eigenvalue weighted by Crippen LogP contribution is 2.25. The van der Waals surface area contributed by atoms with Gasteiger partial charge in [-0.15, -0.1) is 0 Å². The summed E-state index contributed by atoms with van der Waals surface area (Å²) in [5.41, 5.74) is 6.66. The molecule has 6 heteroatoms. The summed E-state index contributed by atoms with van der Waals surface area (Å²) >= 11 is 0. The lowest BCUT2D eigenvalue weighted by molar-refractivity contribution is -0.139. The van der Waals surface area contributed by atoms with Crippen LogP contribution in [-0.2, 0) is 4.79 Å². The van der Waals surface area contributed by atoms with Crippen molar-refractivity contribution < 1.29 is 14.3 Å². The van der Waals surface area contributed by atoms with Gasteiger partial charge in [-0.1, -0.05) is 6.92 Å². The molecule has 2 atom stereocenters. The Morgan fingerprint density at radius 2 is 2.29 bits per heavy atom. The average molecular weight is 237 g/mol. The van der Waals surface area contributed by atoms with Gasteiger partial charge in [-0.05, 0) is 18.2 Å². The van der Waals surface area contributed by atoms with E-state index in [1.807, 2.05) is 0 Å². The minimum absolute atomic E-state index is 0.392. The molecule has 0 bridgehead atoms. The Morgan fingerprint density at radius 1 is 1.59 bits per heavy atom. The topological polar surface area (TPSA) is 92.0 Å². The number of hydrogen-bond donors (Lipinski definition) is 3. The molecule has 4 N–H and O–H groups in total. The highest BCUT2D eigenvalue weighted by atomic mass is 19.1. The van der Waals surface area contributed by atoms with Crippen molar-refractivity contribution in [3.8, 4) is 0 Å². The lowest BCUT2D eigenvalue weighted by atomic mass is 9.96. The molecule has 0 spiro atoms. The fourth-order valence-corrected chi connectivity index (χ4v) is 1.74. The first kappa shape index (κ1) is 11.5. The zero-order chi connectivity index (χ0) is 12.6. The number of nitrogens with two attached hydrogens (primary N) is 1. The van der Waals surface area contributed by atoms with E-state index in [0.29, 0.717) is 16.6 Å². The van der Waals surface area contributed by atoms with Gasteiger partial charge in [-0.3, -0.25) is 9.89 Å². The molecule has 2 rings (SSSR count). The molecule has 0 fully saturated rings. The third-order valence-electron chi connectivity index (χ3n) is 2.82. The van der Waals surface area contributed by atoms with Crippen LogP contribution in [0.1, 0.15) is 18.5 Å². The van der Waals surface area contributed by atoms with Crippen molar-refractivity contribution in [1.29, 1.82) is 0 Å². The van der Waals surface area contributed by atoms with E-state index in [2.05, 4.69) is 10.2 Å². The average Bonchev–Trinajstić information content (AvgIpc) is 2.69. The molecule has 0 aliphatic rings. The van der Waals surface area contributed by atoms with Gasteiger partial charge in [0.2, 0.25) is 0 Å². The Morgan fingerprint density at radius 3 is 2.94 bits per heavy atom. The number of nitrogens with zero attached hydrogens (tertiary/aromatic N) is 1. The molecule has 1 aromatic carbocycles. The van der Waals surface area contributed by atoms with E-state index in [-0.39, 0.29) is 0 Å².